The lowest BCUT2D eigenvalue weighted by Crippen LogP contribution is -2.48. The van der Waals surface area contributed by atoms with E-state index in [2.05, 4.69) is 34.4 Å². The lowest BCUT2D eigenvalue weighted by atomic mass is 10.0. The van der Waals surface area contributed by atoms with Crippen molar-refractivity contribution in [3.05, 3.63) is 71.0 Å². The first-order valence-electron chi connectivity index (χ1n) is 13.7. The van der Waals surface area contributed by atoms with Gasteiger partial charge in [-0.25, -0.2) is 9.78 Å². The number of aliphatic hydroxyl groups is 5. The first kappa shape index (κ1) is 34.6. The van der Waals surface area contributed by atoms with Crippen LogP contribution in [-0.4, -0.2) is 97.1 Å². The van der Waals surface area contributed by atoms with E-state index in [9.17, 15) is 14.7 Å². The third-order valence-electron chi connectivity index (χ3n) is 6.47. The molecule has 1 heterocycles. The monoisotopic (exact) mass is 586 g/mol. The number of nitrogens with one attached hydrogen (secondary N) is 3. The van der Waals surface area contributed by atoms with Crippen LogP contribution in [-0.2, 0) is 6.42 Å². The smallest absolute Gasteiger partial charge is 0.335 e. The zero-order chi connectivity index (χ0) is 31.4. The van der Waals surface area contributed by atoms with E-state index in [0.29, 0.717) is 29.5 Å². The van der Waals surface area contributed by atoms with Gasteiger partial charge in [-0.2, -0.15) is 0 Å². The SMILES string of the molecule is CNC[C@H](O)[C@@H](O)[C@H](O)[C@H](O)CO.Cc1ccccc1-c1nc(C(=O)Nc2cccc(C(=O)O)c2)c(CCC(C)C)[nH]1. The van der Waals surface area contributed by atoms with Crippen molar-refractivity contribution < 1.29 is 40.2 Å². The Hall–Kier alpha value is -3.65. The fraction of sp³-hybridized carbons (Fsp3) is 0.433. The van der Waals surface area contributed by atoms with E-state index in [1.807, 2.05) is 31.2 Å². The van der Waals surface area contributed by atoms with Crippen LogP contribution in [0.25, 0.3) is 11.4 Å². The number of aliphatic hydroxyl groups excluding tert-OH is 5. The number of benzene rings is 2. The molecule has 12 heteroatoms. The summed E-state index contributed by atoms with van der Waals surface area (Å²) < 4.78 is 0. The van der Waals surface area contributed by atoms with Crippen LogP contribution in [0.5, 0.6) is 0 Å². The Balaban J connectivity index is 0.000000401. The Bertz CT molecular complexity index is 1300. The Morgan fingerprint density at radius 3 is 2.24 bits per heavy atom. The van der Waals surface area contributed by atoms with E-state index in [1.54, 1.807) is 19.2 Å². The molecule has 1 amide bonds. The topological polar surface area (TPSA) is 208 Å². The number of nitrogens with zero attached hydrogens (tertiary/aromatic N) is 1. The molecule has 0 saturated carbocycles. The molecule has 230 valence electrons. The summed E-state index contributed by atoms with van der Waals surface area (Å²) >= 11 is 0. The summed E-state index contributed by atoms with van der Waals surface area (Å²) in [6, 6.07) is 14.1. The van der Waals surface area contributed by atoms with Gasteiger partial charge in [-0.1, -0.05) is 44.2 Å². The number of carbonyl (C=O) groups is 2. The maximum absolute atomic E-state index is 12.9. The van der Waals surface area contributed by atoms with E-state index in [1.165, 1.54) is 12.1 Å². The van der Waals surface area contributed by atoms with E-state index in [4.69, 9.17) is 25.5 Å². The number of carboxylic acid groups (broad SMARTS) is 1. The van der Waals surface area contributed by atoms with E-state index < -0.39 is 37.0 Å². The van der Waals surface area contributed by atoms with Crippen LogP contribution in [0, 0.1) is 12.8 Å². The number of amides is 1. The second-order valence-corrected chi connectivity index (χ2v) is 10.4. The Morgan fingerprint density at radius 1 is 0.976 bits per heavy atom. The molecule has 0 bridgehead atoms. The van der Waals surface area contributed by atoms with Gasteiger partial charge in [-0.05, 0) is 56.5 Å². The number of carboxylic acids is 1. The maximum atomic E-state index is 12.9. The third kappa shape index (κ3) is 10.0. The van der Waals surface area contributed by atoms with Crippen molar-refractivity contribution in [2.75, 3.05) is 25.5 Å². The van der Waals surface area contributed by atoms with Gasteiger partial charge in [0.2, 0.25) is 0 Å². The summed E-state index contributed by atoms with van der Waals surface area (Å²) in [5.74, 6) is -0.252. The van der Waals surface area contributed by atoms with Crippen LogP contribution in [0.1, 0.15) is 52.4 Å². The van der Waals surface area contributed by atoms with Gasteiger partial charge in [0.05, 0.1) is 18.3 Å². The first-order valence-corrected chi connectivity index (χ1v) is 13.7. The average molecular weight is 587 g/mol. The minimum absolute atomic E-state index is 0.0936. The minimum atomic E-state index is -1.55. The lowest BCUT2D eigenvalue weighted by Gasteiger charge is -2.25. The molecule has 0 unspecified atom stereocenters. The number of H-pyrrole nitrogens is 1. The summed E-state index contributed by atoms with van der Waals surface area (Å²) in [6.45, 7) is 5.70. The van der Waals surface area contributed by atoms with E-state index in [0.717, 1.165) is 23.2 Å². The molecule has 0 fully saturated rings. The van der Waals surface area contributed by atoms with Gasteiger partial charge < -0.3 is 46.3 Å². The highest BCUT2D eigenvalue weighted by molar-refractivity contribution is 6.04. The van der Waals surface area contributed by atoms with Crippen molar-refractivity contribution in [3.8, 4) is 11.4 Å². The van der Waals surface area contributed by atoms with Crippen molar-refractivity contribution in [2.45, 2.75) is 58.0 Å². The Labute approximate surface area is 245 Å². The van der Waals surface area contributed by atoms with Gasteiger partial charge in [0.25, 0.3) is 5.91 Å². The molecular weight excluding hydrogens is 544 g/mol. The Morgan fingerprint density at radius 2 is 1.64 bits per heavy atom. The van der Waals surface area contributed by atoms with Gasteiger partial charge in [0, 0.05) is 23.5 Å². The highest BCUT2D eigenvalue weighted by Crippen LogP contribution is 2.24. The van der Waals surface area contributed by atoms with Gasteiger partial charge in [-0.3, -0.25) is 4.79 Å². The van der Waals surface area contributed by atoms with Crippen LogP contribution >= 0.6 is 0 Å². The quantitative estimate of drug-likeness (QED) is 0.141. The number of aryl methyl sites for hydroxylation is 2. The average Bonchev–Trinajstić information content (AvgIpc) is 3.40. The summed E-state index contributed by atoms with van der Waals surface area (Å²) in [4.78, 5) is 32.0. The number of aromatic carboxylic acids is 1. The molecule has 9 N–H and O–H groups in total. The molecule has 1 aromatic heterocycles. The largest absolute Gasteiger partial charge is 0.478 e. The standard InChI is InChI=1S/C23H25N3O3.C7H17NO5/c1-14(2)11-12-19-20(26-21(25-19)18-10-5-4-7-15(18)3)22(27)24-17-9-6-8-16(13-17)23(28)29;1-8-2-4(10)6(12)7(13)5(11)3-9/h4-10,13-14H,11-12H2,1-3H3,(H,24,27)(H,25,26)(H,28,29);4-13H,2-3H2,1H3/t;4-,5+,6+,7+/m.0/s1. The van der Waals surface area contributed by atoms with Crippen LogP contribution in [0.3, 0.4) is 0 Å². The number of imidazole rings is 1. The fourth-order valence-electron chi connectivity index (χ4n) is 3.99. The van der Waals surface area contributed by atoms with Gasteiger partial charge >= 0.3 is 5.97 Å². The maximum Gasteiger partial charge on any atom is 0.335 e. The molecule has 0 aliphatic heterocycles. The summed E-state index contributed by atoms with van der Waals surface area (Å²) in [7, 11) is 1.57. The number of hydrogen-bond acceptors (Lipinski definition) is 9. The van der Waals surface area contributed by atoms with Crippen molar-refractivity contribution in [3.63, 3.8) is 0 Å². The number of anilines is 1. The highest BCUT2D eigenvalue weighted by Gasteiger charge is 2.29. The molecule has 0 radical (unpaired) electrons. The second-order valence-electron chi connectivity index (χ2n) is 10.4. The van der Waals surface area contributed by atoms with Crippen molar-refractivity contribution in [1.82, 2.24) is 15.3 Å². The fourth-order valence-corrected chi connectivity index (χ4v) is 3.99. The molecule has 0 aliphatic rings. The minimum Gasteiger partial charge on any atom is -0.478 e. The predicted octanol–water partition coefficient (Wildman–Crippen LogP) is 1.57. The van der Waals surface area contributed by atoms with Gasteiger partial charge in [0.1, 0.15) is 29.8 Å². The molecule has 3 rings (SSSR count). The number of hydrogen-bond donors (Lipinski definition) is 9. The zero-order valence-corrected chi connectivity index (χ0v) is 24.3. The summed E-state index contributed by atoms with van der Waals surface area (Å²) in [5.41, 5.74) is 3.67. The molecule has 42 heavy (non-hydrogen) atoms. The predicted molar refractivity (Wildman–Crippen MR) is 158 cm³/mol. The van der Waals surface area contributed by atoms with Crippen molar-refractivity contribution >= 4 is 17.6 Å². The number of rotatable bonds is 13. The van der Waals surface area contributed by atoms with Crippen LogP contribution < -0.4 is 10.6 Å². The number of carbonyl (C=O) groups excluding carboxylic acids is 1. The highest BCUT2D eigenvalue weighted by atomic mass is 16.4. The zero-order valence-electron chi connectivity index (χ0n) is 24.3. The molecular formula is C30H42N4O8. The van der Waals surface area contributed by atoms with Crippen LogP contribution in [0.2, 0.25) is 0 Å². The summed E-state index contributed by atoms with van der Waals surface area (Å²) in [5, 5.41) is 59.4. The molecule has 4 atom stereocenters. The van der Waals surface area contributed by atoms with Crippen molar-refractivity contribution in [1.29, 1.82) is 0 Å². The molecule has 2 aromatic carbocycles. The van der Waals surface area contributed by atoms with Crippen LogP contribution in [0.4, 0.5) is 5.69 Å². The first-order chi connectivity index (χ1) is 19.9. The molecule has 0 spiro atoms. The van der Waals surface area contributed by atoms with E-state index in [-0.39, 0.29) is 18.0 Å². The molecule has 0 saturated heterocycles. The summed E-state index contributed by atoms with van der Waals surface area (Å²) in [6.07, 6.45) is -4.02. The molecule has 12 nitrogen and oxygen atoms in total. The number of aromatic nitrogens is 2. The molecule has 0 aliphatic carbocycles. The molecule has 3 aromatic rings. The normalized spacial score (nSPS) is 14.0. The third-order valence-corrected chi connectivity index (χ3v) is 6.47. The van der Waals surface area contributed by atoms with Gasteiger partial charge in [-0.15, -0.1) is 0 Å². The van der Waals surface area contributed by atoms with E-state index >= 15 is 0 Å². The number of aromatic amines is 1. The van der Waals surface area contributed by atoms with Gasteiger partial charge in [0.15, 0.2) is 0 Å². The van der Waals surface area contributed by atoms with Crippen molar-refractivity contribution in [2.24, 2.45) is 5.92 Å². The number of likely N-dealkylation sites (N-methyl/N-ethyl adjacent to an activating group) is 1. The lowest BCUT2D eigenvalue weighted by molar-refractivity contribution is -0.113. The Kier molecular flexibility index (Phi) is 13.7. The second kappa shape index (κ2) is 16.7. The van der Waals surface area contributed by atoms with Crippen LogP contribution in [0.15, 0.2) is 48.5 Å².